The molecular formula is C9H13N3O. The van der Waals surface area contributed by atoms with Crippen molar-refractivity contribution in [2.24, 2.45) is 5.84 Å². The Hall–Kier alpha value is -1.55. The van der Waals surface area contributed by atoms with Crippen LogP contribution in [0.15, 0.2) is 18.2 Å². The highest BCUT2D eigenvalue weighted by Crippen LogP contribution is 2.14. The molecular weight excluding hydrogens is 166 g/mol. The normalized spacial score (nSPS) is 9.77. The number of carbonyl (C=O) groups is 1. The minimum Gasteiger partial charge on any atom is -0.398 e. The maximum absolute atomic E-state index is 11.4. The summed E-state index contributed by atoms with van der Waals surface area (Å²) >= 11 is 0. The molecule has 0 aromatic heterocycles. The van der Waals surface area contributed by atoms with E-state index in [0.717, 1.165) is 10.6 Å². The summed E-state index contributed by atoms with van der Waals surface area (Å²) in [5.74, 6) is 5.02. The second-order valence-electron chi connectivity index (χ2n) is 3.01. The van der Waals surface area contributed by atoms with Gasteiger partial charge in [-0.1, -0.05) is 6.07 Å². The molecule has 0 saturated carbocycles. The average molecular weight is 179 g/mol. The fourth-order valence-electron chi connectivity index (χ4n) is 1.07. The van der Waals surface area contributed by atoms with E-state index in [1.165, 1.54) is 7.05 Å². The van der Waals surface area contributed by atoms with Gasteiger partial charge in [0, 0.05) is 12.7 Å². The molecule has 0 saturated heterocycles. The molecule has 4 nitrogen and oxygen atoms in total. The summed E-state index contributed by atoms with van der Waals surface area (Å²) in [6, 6.07) is 5.25. The fourth-order valence-corrected chi connectivity index (χ4v) is 1.07. The lowest BCUT2D eigenvalue weighted by Gasteiger charge is -2.11. The van der Waals surface area contributed by atoms with Gasteiger partial charge in [-0.25, -0.2) is 5.84 Å². The van der Waals surface area contributed by atoms with Gasteiger partial charge in [0.15, 0.2) is 0 Å². The topological polar surface area (TPSA) is 72.3 Å². The van der Waals surface area contributed by atoms with Crippen LogP contribution in [0, 0.1) is 6.92 Å². The SMILES string of the molecule is Cc1ccc(C(=O)N(C)N)c(N)c1. The zero-order valence-corrected chi connectivity index (χ0v) is 7.74. The maximum Gasteiger partial charge on any atom is 0.269 e. The summed E-state index contributed by atoms with van der Waals surface area (Å²) in [6.07, 6.45) is 0. The Kier molecular flexibility index (Phi) is 2.53. The molecule has 0 aliphatic heterocycles. The Morgan fingerprint density at radius 2 is 2.08 bits per heavy atom. The van der Waals surface area contributed by atoms with E-state index in [1.807, 2.05) is 13.0 Å². The molecule has 0 radical (unpaired) electrons. The number of anilines is 1. The third kappa shape index (κ3) is 1.97. The van der Waals surface area contributed by atoms with Crippen LogP contribution in [0.1, 0.15) is 15.9 Å². The second-order valence-corrected chi connectivity index (χ2v) is 3.01. The molecule has 0 aliphatic rings. The van der Waals surface area contributed by atoms with Crippen LogP contribution >= 0.6 is 0 Å². The molecule has 4 N–H and O–H groups in total. The minimum absolute atomic E-state index is 0.280. The van der Waals surface area contributed by atoms with Gasteiger partial charge in [0.1, 0.15) is 0 Å². The number of benzene rings is 1. The van der Waals surface area contributed by atoms with E-state index in [4.69, 9.17) is 11.6 Å². The molecule has 13 heavy (non-hydrogen) atoms. The van der Waals surface area contributed by atoms with Crippen molar-refractivity contribution in [1.82, 2.24) is 5.01 Å². The van der Waals surface area contributed by atoms with Gasteiger partial charge in [-0.3, -0.25) is 9.80 Å². The summed E-state index contributed by atoms with van der Waals surface area (Å²) < 4.78 is 0. The molecule has 1 amide bonds. The van der Waals surface area contributed by atoms with Crippen molar-refractivity contribution < 1.29 is 4.79 Å². The van der Waals surface area contributed by atoms with Crippen molar-refractivity contribution in [3.05, 3.63) is 29.3 Å². The first-order valence-corrected chi connectivity index (χ1v) is 3.91. The smallest absolute Gasteiger partial charge is 0.269 e. The number of hydrazine groups is 1. The fraction of sp³-hybridized carbons (Fsp3) is 0.222. The lowest BCUT2D eigenvalue weighted by Crippen LogP contribution is -2.33. The molecule has 0 heterocycles. The van der Waals surface area contributed by atoms with E-state index in [2.05, 4.69) is 0 Å². The molecule has 1 rings (SSSR count). The number of carbonyl (C=O) groups excluding carboxylic acids is 1. The van der Waals surface area contributed by atoms with Crippen LogP contribution < -0.4 is 11.6 Å². The number of nitrogens with two attached hydrogens (primary N) is 2. The van der Waals surface area contributed by atoms with Gasteiger partial charge in [-0.15, -0.1) is 0 Å². The van der Waals surface area contributed by atoms with E-state index in [1.54, 1.807) is 12.1 Å². The standard InChI is InChI=1S/C9H13N3O/c1-6-3-4-7(8(10)5-6)9(13)12(2)11/h3-5H,10-11H2,1-2H3. The van der Waals surface area contributed by atoms with Gasteiger partial charge in [-0.05, 0) is 24.6 Å². The predicted octanol–water partition coefficient (Wildman–Crippen LogP) is 0.523. The highest BCUT2D eigenvalue weighted by atomic mass is 16.2. The third-order valence-corrected chi connectivity index (χ3v) is 1.76. The van der Waals surface area contributed by atoms with Gasteiger partial charge >= 0.3 is 0 Å². The van der Waals surface area contributed by atoms with Gasteiger partial charge in [0.2, 0.25) is 0 Å². The van der Waals surface area contributed by atoms with Crippen LogP contribution in [0.3, 0.4) is 0 Å². The summed E-state index contributed by atoms with van der Waals surface area (Å²) in [5, 5.41) is 1.01. The number of rotatable bonds is 1. The van der Waals surface area contributed by atoms with Gasteiger partial charge in [0.25, 0.3) is 5.91 Å². The first kappa shape index (κ1) is 9.54. The molecule has 1 aromatic rings. The lowest BCUT2D eigenvalue weighted by molar-refractivity contribution is 0.0796. The van der Waals surface area contributed by atoms with Crippen LogP contribution in [-0.2, 0) is 0 Å². The van der Waals surface area contributed by atoms with Gasteiger partial charge in [-0.2, -0.15) is 0 Å². The first-order chi connectivity index (χ1) is 6.02. The zero-order chi connectivity index (χ0) is 10.0. The Morgan fingerprint density at radius 3 is 2.54 bits per heavy atom. The van der Waals surface area contributed by atoms with Crippen LogP contribution in [-0.4, -0.2) is 18.0 Å². The highest BCUT2D eigenvalue weighted by molar-refractivity contribution is 5.98. The maximum atomic E-state index is 11.4. The van der Waals surface area contributed by atoms with Crippen molar-refractivity contribution in [2.45, 2.75) is 6.92 Å². The number of nitrogens with zero attached hydrogens (tertiary/aromatic N) is 1. The van der Waals surface area contributed by atoms with Crippen molar-refractivity contribution in [3.63, 3.8) is 0 Å². The van der Waals surface area contributed by atoms with Gasteiger partial charge < -0.3 is 5.73 Å². The molecule has 1 aromatic carbocycles. The number of amides is 1. The summed E-state index contributed by atoms with van der Waals surface area (Å²) in [7, 11) is 1.49. The Morgan fingerprint density at radius 1 is 1.46 bits per heavy atom. The number of aryl methyl sites for hydroxylation is 1. The van der Waals surface area contributed by atoms with Gasteiger partial charge in [0.05, 0.1) is 5.56 Å². The molecule has 0 aliphatic carbocycles. The molecule has 70 valence electrons. The predicted molar refractivity (Wildman–Crippen MR) is 51.9 cm³/mol. The van der Waals surface area contributed by atoms with E-state index < -0.39 is 0 Å². The van der Waals surface area contributed by atoms with Crippen molar-refractivity contribution in [3.8, 4) is 0 Å². The lowest BCUT2D eigenvalue weighted by atomic mass is 10.1. The minimum atomic E-state index is -0.280. The Bertz CT molecular complexity index is 334. The average Bonchev–Trinajstić information content (AvgIpc) is 2.03. The third-order valence-electron chi connectivity index (χ3n) is 1.76. The largest absolute Gasteiger partial charge is 0.398 e. The molecule has 0 atom stereocenters. The van der Waals surface area contributed by atoms with Crippen LogP contribution in [0.4, 0.5) is 5.69 Å². The number of hydrogen-bond acceptors (Lipinski definition) is 3. The Labute approximate surface area is 77.1 Å². The first-order valence-electron chi connectivity index (χ1n) is 3.91. The second kappa shape index (κ2) is 3.45. The van der Waals surface area contributed by atoms with Crippen LogP contribution in [0.2, 0.25) is 0 Å². The van der Waals surface area contributed by atoms with E-state index in [9.17, 15) is 4.79 Å². The van der Waals surface area contributed by atoms with Crippen molar-refractivity contribution in [1.29, 1.82) is 0 Å². The molecule has 0 bridgehead atoms. The van der Waals surface area contributed by atoms with Crippen LogP contribution in [0.5, 0.6) is 0 Å². The highest BCUT2D eigenvalue weighted by Gasteiger charge is 2.11. The molecule has 0 unspecified atom stereocenters. The summed E-state index contributed by atoms with van der Waals surface area (Å²) in [4.78, 5) is 11.4. The van der Waals surface area contributed by atoms with E-state index >= 15 is 0 Å². The monoisotopic (exact) mass is 179 g/mol. The summed E-state index contributed by atoms with van der Waals surface area (Å²) in [5.41, 5.74) is 7.58. The molecule has 0 fully saturated rings. The molecule has 4 heteroatoms. The zero-order valence-electron chi connectivity index (χ0n) is 7.74. The van der Waals surface area contributed by atoms with Crippen molar-refractivity contribution in [2.75, 3.05) is 12.8 Å². The van der Waals surface area contributed by atoms with Crippen LogP contribution in [0.25, 0.3) is 0 Å². The summed E-state index contributed by atoms with van der Waals surface area (Å²) in [6.45, 7) is 1.91. The van der Waals surface area contributed by atoms with E-state index in [-0.39, 0.29) is 5.91 Å². The van der Waals surface area contributed by atoms with E-state index in [0.29, 0.717) is 11.3 Å². The number of hydrogen-bond donors (Lipinski definition) is 2. The Balaban J connectivity index is 3.09. The number of nitrogen functional groups attached to an aromatic ring is 1. The molecule has 0 spiro atoms. The van der Waals surface area contributed by atoms with Crippen molar-refractivity contribution >= 4 is 11.6 Å². The quantitative estimate of drug-likeness (QED) is 0.286.